The highest BCUT2D eigenvalue weighted by atomic mass is 31.2. The van der Waals surface area contributed by atoms with Crippen LogP contribution in [0.15, 0.2) is 24.3 Å². The van der Waals surface area contributed by atoms with E-state index in [4.69, 9.17) is 29.8 Å². The van der Waals surface area contributed by atoms with Gasteiger partial charge in [-0.15, -0.1) is 0 Å². The molecule has 0 aromatic heterocycles. The predicted octanol–water partition coefficient (Wildman–Crippen LogP) is 1.36. The predicted molar refractivity (Wildman–Crippen MR) is 95.9 cm³/mol. The Balaban J connectivity index is 0.000000580. The summed E-state index contributed by atoms with van der Waals surface area (Å²) in [7, 11) is -8.81. The summed E-state index contributed by atoms with van der Waals surface area (Å²) in [6.45, 7) is 2.16. The van der Waals surface area contributed by atoms with E-state index in [0.717, 1.165) is 12.8 Å². The lowest BCUT2D eigenvalue weighted by Crippen LogP contribution is -2.36. The smallest absolute Gasteiger partial charge is 0.469 e. The van der Waals surface area contributed by atoms with Gasteiger partial charge in [-0.1, -0.05) is 31.9 Å². The standard InChI is InChI=1S/C9H12NO6P.C5H13O4P/c11-7-3-1-6(2-4-7)5-8(9(12)13)10-17(14,15)16;1-2-3-4-5-9-10(6,7)8/h1-4,8,11H,5H2,(H,12,13)(H3,10,14,15,16);2-5H2,1H3,(H2,6,7,8)/t8-;/m0./s1. The molecule has 0 unspecified atom stereocenters. The van der Waals surface area contributed by atoms with E-state index < -0.39 is 27.6 Å². The second-order valence-electron chi connectivity index (χ2n) is 5.47. The van der Waals surface area contributed by atoms with Gasteiger partial charge in [-0.3, -0.25) is 9.32 Å². The first-order valence-electron chi connectivity index (χ1n) is 7.88. The zero-order valence-electron chi connectivity index (χ0n) is 14.6. The van der Waals surface area contributed by atoms with Gasteiger partial charge in [0.25, 0.3) is 0 Å². The van der Waals surface area contributed by atoms with Gasteiger partial charge in [-0.25, -0.2) is 14.2 Å². The van der Waals surface area contributed by atoms with E-state index in [2.05, 4.69) is 4.52 Å². The Kier molecular flexibility index (Phi) is 11.6. The summed E-state index contributed by atoms with van der Waals surface area (Å²) in [5, 5.41) is 19.6. The van der Waals surface area contributed by atoms with E-state index in [1.165, 1.54) is 24.3 Å². The number of carbonyl (C=O) groups is 1. The van der Waals surface area contributed by atoms with E-state index in [0.29, 0.717) is 12.0 Å². The lowest BCUT2D eigenvalue weighted by molar-refractivity contribution is -0.139. The average Bonchev–Trinajstić information content (AvgIpc) is 2.51. The second kappa shape index (κ2) is 12.2. The Labute approximate surface area is 156 Å². The van der Waals surface area contributed by atoms with Gasteiger partial charge in [0.2, 0.25) is 0 Å². The van der Waals surface area contributed by atoms with Gasteiger partial charge in [0.05, 0.1) is 6.61 Å². The lowest BCUT2D eigenvalue weighted by atomic mass is 10.1. The molecule has 0 heterocycles. The topological polar surface area (TPSA) is 194 Å². The molecule has 27 heavy (non-hydrogen) atoms. The van der Waals surface area contributed by atoms with E-state index in [1.54, 1.807) is 5.09 Å². The van der Waals surface area contributed by atoms with Gasteiger partial charge in [-0.05, 0) is 30.5 Å². The molecule has 0 aliphatic carbocycles. The maximum atomic E-state index is 10.8. The van der Waals surface area contributed by atoms with Crippen molar-refractivity contribution < 1.29 is 48.2 Å². The molecule has 0 spiro atoms. The molecule has 0 aliphatic rings. The molecular formula is C14H25NO10P2. The molecule has 1 rings (SSSR count). The Morgan fingerprint density at radius 1 is 1.11 bits per heavy atom. The van der Waals surface area contributed by atoms with Crippen LogP contribution in [0, 0.1) is 0 Å². The zero-order chi connectivity index (χ0) is 21.1. The van der Waals surface area contributed by atoms with Crippen LogP contribution in [-0.4, -0.2) is 48.4 Å². The van der Waals surface area contributed by atoms with Crippen molar-refractivity contribution in [2.45, 2.75) is 38.6 Å². The summed E-state index contributed by atoms with van der Waals surface area (Å²) in [6, 6.07) is 4.30. The molecule has 7 N–H and O–H groups in total. The number of hydrogen-bond acceptors (Lipinski definition) is 5. The van der Waals surface area contributed by atoms with Crippen molar-refractivity contribution in [3.63, 3.8) is 0 Å². The van der Waals surface area contributed by atoms with Crippen LogP contribution in [-0.2, 0) is 24.9 Å². The van der Waals surface area contributed by atoms with Gasteiger partial charge in [-0.2, -0.15) is 0 Å². The molecule has 0 amide bonds. The summed E-state index contributed by atoms with van der Waals surface area (Å²) in [4.78, 5) is 44.5. The Hall–Kier alpha value is -1.29. The van der Waals surface area contributed by atoms with Crippen LogP contribution in [0.4, 0.5) is 0 Å². The quantitative estimate of drug-likeness (QED) is 0.210. The van der Waals surface area contributed by atoms with Crippen LogP contribution in [0.3, 0.4) is 0 Å². The van der Waals surface area contributed by atoms with Crippen LogP contribution < -0.4 is 5.09 Å². The summed E-state index contributed by atoms with van der Waals surface area (Å²) in [5.41, 5.74) is 0.538. The lowest BCUT2D eigenvalue weighted by Gasteiger charge is -2.15. The van der Waals surface area contributed by atoms with Crippen molar-refractivity contribution in [3.8, 4) is 5.75 Å². The summed E-state index contributed by atoms with van der Waals surface area (Å²) < 4.78 is 24.9. The number of carboxylic acids is 1. The minimum atomic E-state index is -4.60. The van der Waals surface area contributed by atoms with Crippen LogP contribution >= 0.6 is 15.6 Å². The highest BCUT2D eigenvalue weighted by molar-refractivity contribution is 7.49. The van der Waals surface area contributed by atoms with E-state index in [9.17, 15) is 13.9 Å². The molecule has 0 aliphatic heterocycles. The molecule has 1 aromatic rings. The molecule has 13 heteroatoms. The number of phenols is 1. The second-order valence-corrected chi connectivity index (χ2v) is 8.05. The van der Waals surface area contributed by atoms with Crippen LogP contribution in [0.1, 0.15) is 31.7 Å². The minimum absolute atomic E-state index is 0.0311. The molecule has 0 saturated carbocycles. The minimum Gasteiger partial charge on any atom is -0.508 e. The maximum Gasteiger partial charge on any atom is 0.469 e. The number of phosphoric ester groups is 1. The number of rotatable bonds is 10. The molecule has 11 nitrogen and oxygen atoms in total. The molecular weight excluding hydrogens is 404 g/mol. The number of unbranched alkanes of at least 4 members (excludes halogenated alkanes) is 2. The fraction of sp³-hybridized carbons (Fsp3) is 0.500. The third-order valence-electron chi connectivity index (χ3n) is 3.01. The Morgan fingerprint density at radius 3 is 2.07 bits per heavy atom. The van der Waals surface area contributed by atoms with Gasteiger partial charge in [0, 0.05) is 0 Å². The molecule has 0 fully saturated rings. The van der Waals surface area contributed by atoms with Gasteiger partial charge >= 0.3 is 21.5 Å². The Morgan fingerprint density at radius 2 is 1.67 bits per heavy atom. The number of benzene rings is 1. The number of aromatic hydroxyl groups is 1. The highest BCUT2D eigenvalue weighted by Crippen LogP contribution is 2.35. The van der Waals surface area contributed by atoms with Crippen molar-refractivity contribution in [3.05, 3.63) is 29.8 Å². The zero-order valence-corrected chi connectivity index (χ0v) is 16.4. The van der Waals surface area contributed by atoms with E-state index in [1.807, 2.05) is 6.92 Å². The number of phosphoric acid groups is 1. The Bertz CT molecular complexity index is 654. The normalized spacial score (nSPS) is 12.8. The van der Waals surface area contributed by atoms with Crippen LogP contribution in [0.2, 0.25) is 0 Å². The summed E-state index contributed by atoms with van der Waals surface area (Å²) in [6.07, 6.45) is 2.58. The summed E-state index contributed by atoms with van der Waals surface area (Å²) in [5.74, 6) is -1.33. The fourth-order valence-electron chi connectivity index (χ4n) is 1.79. The van der Waals surface area contributed by atoms with Crippen LogP contribution in [0.5, 0.6) is 5.75 Å². The molecule has 156 valence electrons. The maximum absolute atomic E-state index is 10.8. The van der Waals surface area contributed by atoms with Crippen molar-refractivity contribution in [2.24, 2.45) is 0 Å². The number of carboxylic acid groups (broad SMARTS) is 1. The molecule has 1 atom stereocenters. The van der Waals surface area contributed by atoms with Crippen LogP contribution in [0.25, 0.3) is 0 Å². The van der Waals surface area contributed by atoms with Gasteiger partial charge in [0.15, 0.2) is 0 Å². The molecule has 0 radical (unpaired) electrons. The fourth-order valence-corrected chi connectivity index (χ4v) is 2.77. The van der Waals surface area contributed by atoms with E-state index >= 15 is 0 Å². The number of phenolic OH excluding ortho intramolecular Hbond substituents is 1. The monoisotopic (exact) mass is 429 g/mol. The average molecular weight is 429 g/mol. The SMILES string of the molecule is CCCCCOP(=O)(O)O.O=C(O)[C@H](Cc1ccc(O)cc1)NP(=O)(O)O. The van der Waals surface area contributed by atoms with Crippen molar-refractivity contribution in [2.75, 3.05) is 6.61 Å². The number of aliphatic carboxylic acids is 1. The van der Waals surface area contributed by atoms with Gasteiger partial charge in [0.1, 0.15) is 11.8 Å². The number of hydrogen-bond donors (Lipinski definition) is 7. The third kappa shape index (κ3) is 15.5. The largest absolute Gasteiger partial charge is 0.508 e. The van der Waals surface area contributed by atoms with E-state index in [-0.39, 0.29) is 18.8 Å². The molecule has 0 saturated heterocycles. The summed E-state index contributed by atoms with van der Waals surface area (Å²) >= 11 is 0. The van der Waals surface area contributed by atoms with Crippen molar-refractivity contribution in [1.29, 1.82) is 0 Å². The van der Waals surface area contributed by atoms with Crippen molar-refractivity contribution in [1.82, 2.24) is 5.09 Å². The number of nitrogens with one attached hydrogen (secondary N) is 1. The molecule has 0 bridgehead atoms. The first kappa shape index (κ1) is 25.7. The highest BCUT2D eigenvalue weighted by Gasteiger charge is 2.25. The molecule has 1 aromatic carbocycles. The third-order valence-corrected chi connectivity index (χ3v) is 4.17. The van der Waals surface area contributed by atoms with Gasteiger partial charge < -0.3 is 29.8 Å². The first-order chi connectivity index (χ1) is 12.3. The van der Waals surface area contributed by atoms with Crippen molar-refractivity contribution >= 4 is 21.5 Å². The first-order valence-corrected chi connectivity index (χ1v) is 11.0.